The molecule has 0 aliphatic heterocycles. The smallest absolute Gasteiger partial charge is 0.121 e. The van der Waals surface area contributed by atoms with Crippen LogP contribution in [0.15, 0.2) is 30.6 Å². The van der Waals surface area contributed by atoms with Gasteiger partial charge in [-0.2, -0.15) is 5.26 Å². The first-order valence-electron chi connectivity index (χ1n) is 4.41. The van der Waals surface area contributed by atoms with Gasteiger partial charge >= 0.3 is 0 Å². The summed E-state index contributed by atoms with van der Waals surface area (Å²) in [4.78, 5) is 4.03. The van der Waals surface area contributed by atoms with Gasteiger partial charge in [-0.1, -0.05) is 23.7 Å². The van der Waals surface area contributed by atoms with E-state index in [0.717, 1.165) is 10.8 Å². The molecule has 0 saturated carbocycles. The molecule has 1 aromatic heterocycles. The molecule has 0 fully saturated rings. The first-order valence-corrected chi connectivity index (χ1v) is 4.79. The monoisotopic (exact) mass is 217 g/mol. The average Bonchev–Trinajstić information content (AvgIpc) is 2.28. The third-order valence-corrected chi connectivity index (χ3v) is 2.55. The second kappa shape index (κ2) is 3.85. The number of nitrogens with zero attached hydrogens (tertiary/aromatic N) is 2. The van der Waals surface area contributed by atoms with Gasteiger partial charge in [0.05, 0.1) is 6.07 Å². The van der Waals surface area contributed by atoms with E-state index >= 15 is 0 Å². The van der Waals surface area contributed by atoms with E-state index in [1.807, 2.05) is 18.2 Å². The lowest BCUT2D eigenvalue weighted by atomic mass is 10.0. The minimum absolute atomic E-state index is 0.593. The van der Waals surface area contributed by atoms with Crippen molar-refractivity contribution < 1.29 is 0 Å². The number of halogens is 1. The topological polar surface area (TPSA) is 62.7 Å². The molecule has 0 amide bonds. The molecular weight excluding hydrogens is 210 g/mol. The minimum Gasteiger partial charge on any atom is -0.312 e. The first-order chi connectivity index (χ1) is 7.24. The van der Waals surface area contributed by atoms with Crippen LogP contribution in [0.4, 0.5) is 0 Å². The maximum absolute atomic E-state index is 8.79. The SMILES string of the molecule is N#CC(N)c1cncc2cccc(Cl)c12. The Kier molecular flexibility index (Phi) is 2.55. The summed E-state index contributed by atoms with van der Waals surface area (Å²) in [7, 11) is 0. The van der Waals surface area contributed by atoms with Gasteiger partial charge in [-0.25, -0.2) is 0 Å². The zero-order valence-electron chi connectivity index (χ0n) is 7.81. The zero-order chi connectivity index (χ0) is 10.8. The van der Waals surface area contributed by atoms with Crippen LogP contribution in [0.1, 0.15) is 11.6 Å². The molecule has 2 rings (SSSR count). The average molecular weight is 218 g/mol. The van der Waals surface area contributed by atoms with Gasteiger partial charge in [-0.05, 0) is 6.07 Å². The third kappa shape index (κ3) is 1.65. The standard InChI is InChI=1S/C11H8ClN3/c12-9-3-1-2-7-5-15-6-8(11(7)9)10(14)4-13/h1-3,5-6,10H,14H2. The predicted octanol–water partition coefficient (Wildman–Crippen LogP) is 2.41. The van der Waals surface area contributed by atoms with Crippen molar-refractivity contribution in [2.45, 2.75) is 6.04 Å². The summed E-state index contributed by atoms with van der Waals surface area (Å²) in [5.41, 5.74) is 6.34. The second-order valence-corrected chi connectivity index (χ2v) is 3.58. The number of hydrogen-bond acceptors (Lipinski definition) is 3. The highest BCUT2D eigenvalue weighted by atomic mass is 35.5. The van der Waals surface area contributed by atoms with Gasteiger partial charge < -0.3 is 5.73 Å². The Bertz CT molecular complexity index is 540. The molecule has 2 aromatic rings. The normalized spacial score (nSPS) is 12.3. The molecule has 0 radical (unpaired) electrons. The molecule has 3 nitrogen and oxygen atoms in total. The quantitative estimate of drug-likeness (QED) is 0.798. The number of aromatic nitrogens is 1. The number of nitrogens with two attached hydrogens (primary N) is 1. The lowest BCUT2D eigenvalue weighted by Gasteiger charge is -2.08. The van der Waals surface area contributed by atoms with Crippen LogP contribution in [-0.4, -0.2) is 4.98 Å². The van der Waals surface area contributed by atoms with Crippen molar-refractivity contribution in [3.8, 4) is 6.07 Å². The van der Waals surface area contributed by atoms with Crippen molar-refractivity contribution in [2.24, 2.45) is 5.73 Å². The maximum Gasteiger partial charge on any atom is 0.121 e. The summed E-state index contributed by atoms with van der Waals surface area (Å²) >= 11 is 6.07. The van der Waals surface area contributed by atoms with Gasteiger partial charge in [0.25, 0.3) is 0 Å². The first kappa shape index (κ1) is 9.91. The summed E-state index contributed by atoms with van der Waals surface area (Å²) in [5, 5.41) is 11.1. The highest BCUT2D eigenvalue weighted by molar-refractivity contribution is 6.35. The lowest BCUT2D eigenvalue weighted by Crippen LogP contribution is -2.08. The molecule has 15 heavy (non-hydrogen) atoms. The van der Waals surface area contributed by atoms with Crippen molar-refractivity contribution in [1.29, 1.82) is 5.26 Å². The summed E-state index contributed by atoms with van der Waals surface area (Å²) < 4.78 is 0. The molecule has 1 heterocycles. The van der Waals surface area contributed by atoms with Crippen LogP contribution in [-0.2, 0) is 0 Å². The molecule has 2 N–H and O–H groups in total. The number of nitriles is 1. The van der Waals surface area contributed by atoms with Crippen molar-refractivity contribution in [1.82, 2.24) is 4.98 Å². The lowest BCUT2D eigenvalue weighted by molar-refractivity contribution is 0.927. The van der Waals surface area contributed by atoms with Crippen LogP contribution in [0.25, 0.3) is 10.8 Å². The van der Waals surface area contributed by atoms with E-state index in [2.05, 4.69) is 4.98 Å². The van der Waals surface area contributed by atoms with E-state index in [9.17, 15) is 0 Å². The van der Waals surface area contributed by atoms with Crippen LogP contribution < -0.4 is 5.73 Å². The molecule has 0 spiro atoms. The van der Waals surface area contributed by atoms with Crippen molar-refractivity contribution in [3.05, 3.63) is 41.2 Å². The summed E-state index contributed by atoms with van der Waals surface area (Å²) in [5.74, 6) is 0. The highest BCUT2D eigenvalue weighted by Gasteiger charge is 2.11. The van der Waals surface area contributed by atoms with Crippen LogP contribution in [0.2, 0.25) is 5.02 Å². The molecule has 0 bridgehead atoms. The van der Waals surface area contributed by atoms with E-state index < -0.39 is 6.04 Å². The Morgan fingerprint density at radius 1 is 1.40 bits per heavy atom. The molecule has 1 atom stereocenters. The fraction of sp³-hybridized carbons (Fsp3) is 0.0909. The Morgan fingerprint density at radius 3 is 2.93 bits per heavy atom. The van der Waals surface area contributed by atoms with E-state index in [0.29, 0.717) is 10.6 Å². The molecular formula is C11H8ClN3. The molecule has 0 aliphatic rings. The van der Waals surface area contributed by atoms with E-state index in [4.69, 9.17) is 22.6 Å². The van der Waals surface area contributed by atoms with Crippen molar-refractivity contribution >= 4 is 22.4 Å². The van der Waals surface area contributed by atoms with Gasteiger partial charge in [0, 0.05) is 33.8 Å². The molecule has 74 valence electrons. The summed E-state index contributed by atoms with van der Waals surface area (Å²) in [6.45, 7) is 0. The largest absolute Gasteiger partial charge is 0.312 e. The fourth-order valence-corrected chi connectivity index (χ4v) is 1.81. The molecule has 0 aliphatic carbocycles. The van der Waals surface area contributed by atoms with E-state index in [-0.39, 0.29) is 0 Å². The van der Waals surface area contributed by atoms with Gasteiger partial charge in [0.15, 0.2) is 0 Å². The molecule has 1 aromatic carbocycles. The zero-order valence-corrected chi connectivity index (χ0v) is 8.57. The predicted molar refractivity (Wildman–Crippen MR) is 59.3 cm³/mol. The fourth-order valence-electron chi connectivity index (χ4n) is 1.52. The number of hydrogen-bond donors (Lipinski definition) is 1. The molecule has 4 heteroatoms. The minimum atomic E-state index is -0.693. The van der Waals surface area contributed by atoms with Crippen LogP contribution in [0, 0.1) is 11.3 Å². The highest BCUT2D eigenvalue weighted by Crippen LogP contribution is 2.28. The summed E-state index contributed by atoms with van der Waals surface area (Å²) in [6, 6.07) is 6.79. The van der Waals surface area contributed by atoms with Crippen LogP contribution >= 0.6 is 11.6 Å². The van der Waals surface area contributed by atoms with Crippen molar-refractivity contribution in [2.75, 3.05) is 0 Å². The van der Waals surface area contributed by atoms with Gasteiger partial charge in [0.2, 0.25) is 0 Å². The second-order valence-electron chi connectivity index (χ2n) is 3.17. The van der Waals surface area contributed by atoms with Gasteiger partial charge in [0.1, 0.15) is 6.04 Å². The maximum atomic E-state index is 8.79. The van der Waals surface area contributed by atoms with Gasteiger partial charge in [-0.3, -0.25) is 4.98 Å². The Balaban J connectivity index is 2.81. The Labute approximate surface area is 92.1 Å². The molecule has 1 unspecified atom stereocenters. The van der Waals surface area contributed by atoms with Crippen LogP contribution in [0.5, 0.6) is 0 Å². The Hall–Kier alpha value is -1.63. The van der Waals surface area contributed by atoms with Crippen molar-refractivity contribution in [3.63, 3.8) is 0 Å². The Morgan fingerprint density at radius 2 is 2.20 bits per heavy atom. The molecule has 0 saturated heterocycles. The third-order valence-electron chi connectivity index (χ3n) is 2.24. The number of pyridine rings is 1. The van der Waals surface area contributed by atoms with E-state index in [1.165, 1.54) is 0 Å². The number of benzene rings is 1. The van der Waals surface area contributed by atoms with Crippen LogP contribution in [0.3, 0.4) is 0 Å². The summed E-state index contributed by atoms with van der Waals surface area (Å²) in [6.07, 6.45) is 3.29. The van der Waals surface area contributed by atoms with Gasteiger partial charge in [-0.15, -0.1) is 0 Å². The number of rotatable bonds is 1. The van der Waals surface area contributed by atoms with E-state index in [1.54, 1.807) is 18.5 Å². The number of fused-ring (bicyclic) bond motifs is 1.